The number of ether oxygens (including phenoxy) is 1. The molecule has 1 aromatic carbocycles. The van der Waals surface area contributed by atoms with Crippen LogP contribution >= 0.6 is 11.6 Å². The van der Waals surface area contributed by atoms with Crippen molar-refractivity contribution in [2.75, 3.05) is 13.7 Å². The molecule has 0 fully saturated rings. The average Bonchev–Trinajstić information content (AvgIpc) is 3.02. The van der Waals surface area contributed by atoms with Crippen LogP contribution in [0.4, 0.5) is 0 Å². The number of aryl methyl sites for hydroxylation is 1. The number of hydrogen-bond acceptors (Lipinski definition) is 5. The van der Waals surface area contributed by atoms with Gasteiger partial charge in [0, 0.05) is 13.0 Å². The number of nitrogens with one attached hydrogen (secondary N) is 1. The van der Waals surface area contributed by atoms with E-state index in [1.807, 2.05) is 18.2 Å². The molecule has 0 saturated carbocycles. The zero-order chi connectivity index (χ0) is 18.9. The lowest BCUT2D eigenvalue weighted by Crippen LogP contribution is -2.25. The van der Waals surface area contributed by atoms with Crippen LogP contribution in [-0.4, -0.2) is 40.3 Å². The van der Waals surface area contributed by atoms with Gasteiger partial charge in [-0.3, -0.25) is 9.59 Å². The number of unbranched alkanes of at least 4 members (excludes halogenated alkanes) is 3. The largest absolute Gasteiger partial charge is 0.469 e. The predicted octanol–water partition coefficient (Wildman–Crippen LogP) is 3.08. The van der Waals surface area contributed by atoms with E-state index in [0.717, 1.165) is 25.7 Å². The Hall–Kier alpha value is -2.41. The molecule has 8 heteroatoms. The summed E-state index contributed by atoms with van der Waals surface area (Å²) in [4.78, 5) is 27.4. The molecule has 0 unspecified atom stereocenters. The third-order valence-corrected chi connectivity index (χ3v) is 4.19. The molecular weight excluding hydrogens is 356 g/mol. The van der Waals surface area contributed by atoms with Gasteiger partial charge >= 0.3 is 5.97 Å². The molecule has 140 valence electrons. The first-order valence-corrected chi connectivity index (χ1v) is 8.94. The van der Waals surface area contributed by atoms with Crippen LogP contribution in [0.15, 0.2) is 24.3 Å². The van der Waals surface area contributed by atoms with Gasteiger partial charge in [0.2, 0.25) is 5.82 Å². The summed E-state index contributed by atoms with van der Waals surface area (Å²) >= 11 is 6.17. The van der Waals surface area contributed by atoms with E-state index in [4.69, 9.17) is 11.6 Å². The zero-order valence-electron chi connectivity index (χ0n) is 15.0. The fourth-order valence-corrected chi connectivity index (χ4v) is 2.68. The fraction of sp³-hybridized carbons (Fsp3) is 0.444. The van der Waals surface area contributed by atoms with Crippen molar-refractivity contribution in [2.45, 2.75) is 39.0 Å². The lowest BCUT2D eigenvalue weighted by molar-refractivity contribution is -0.140. The van der Waals surface area contributed by atoms with Gasteiger partial charge in [0.15, 0.2) is 0 Å². The normalized spacial score (nSPS) is 10.6. The molecule has 1 amide bonds. The maximum atomic E-state index is 12.2. The quantitative estimate of drug-likeness (QED) is 0.535. The topological polar surface area (TPSA) is 86.1 Å². The van der Waals surface area contributed by atoms with E-state index in [0.29, 0.717) is 29.5 Å². The Labute approximate surface area is 157 Å². The third kappa shape index (κ3) is 5.56. The highest BCUT2D eigenvalue weighted by Gasteiger charge is 2.15. The second-order valence-electron chi connectivity index (χ2n) is 5.84. The van der Waals surface area contributed by atoms with E-state index in [1.165, 1.54) is 7.11 Å². The monoisotopic (exact) mass is 378 g/mol. The minimum atomic E-state index is -0.312. The molecule has 0 bridgehead atoms. The molecule has 0 atom stereocenters. The van der Waals surface area contributed by atoms with Crippen molar-refractivity contribution in [3.63, 3.8) is 0 Å². The fourth-order valence-electron chi connectivity index (χ4n) is 2.47. The van der Waals surface area contributed by atoms with Crippen LogP contribution in [-0.2, 0) is 9.53 Å². The maximum absolute atomic E-state index is 12.2. The SMILES string of the molecule is COC(=O)CCCCCCNC(=O)c1nc(C)n(-c2ccccc2Cl)n1. The molecule has 0 spiro atoms. The summed E-state index contributed by atoms with van der Waals surface area (Å²) in [5.41, 5.74) is 0.684. The standard InChI is InChI=1S/C18H23ClN4O3/c1-13-21-17(22-23(13)15-10-7-6-9-14(15)19)18(25)20-12-8-4-3-5-11-16(24)26-2/h6-7,9-10H,3-5,8,11-12H2,1-2H3,(H,20,25). The number of halogens is 1. The highest BCUT2D eigenvalue weighted by Crippen LogP contribution is 2.20. The second-order valence-corrected chi connectivity index (χ2v) is 6.25. The van der Waals surface area contributed by atoms with E-state index in [9.17, 15) is 9.59 Å². The van der Waals surface area contributed by atoms with Crippen molar-refractivity contribution < 1.29 is 14.3 Å². The summed E-state index contributed by atoms with van der Waals surface area (Å²) in [6, 6.07) is 7.26. The van der Waals surface area contributed by atoms with Crippen molar-refractivity contribution in [3.8, 4) is 5.69 Å². The molecule has 0 aliphatic carbocycles. The van der Waals surface area contributed by atoms with Crippen LogP contribution in [0.25, 0.3) is 5.69 Å². The number of hydrogen-bond donors (Lipinski definition) is 1. The Kier molecular flexibility index (Phi) is 7.59. The number of carbonyl (C=O) groups is 2. The van der Waals surface area contributed by atoms with Crippen molar-refractivity contribution in [1.29, 1.82) is 0 Å². The smallest absolute Gasteiger partial charge is 0.305 e. The predicted molar refractivity (Wildman–Crippen MR) is 98.5 cm³/mol. The molecular formula is C18H23ClN4O3. The van der Waals surface area contributed by atoms with Gasteiger partial charge in [-0.2, -0.15) is 0 Å². The van der Waals surface area contributed by atoms with Crippen LogP contribution in [0.2, 0.25) is 5.02 Å². The van der Waals surface area contributed by atoms with E-state index in [2.05, 4.69) is 20.1 Å². The van der Waals surface area contributed by atoms with Crippen LogP contribution in [0, 0.1) is 6.92 Å². The van der Waals surface area contributed by atoms with Crippen LogP contribution in [0.5, 0.6) is 0 Å². The number of amides is 1. The second kappa shape index (κ2) is 9.91. The molecule has 0 aliphatic heterocycles. The molecule has 26 heavy (non-hydrogen) atoms. The number of rotatable bonds is 9. The van der Waals surface area contributed by atoms with Gasteiger partial charge < -0.3 is 10.1 Å². The Morgan fingerprint density at radius 2 is 1.92 bits per heavy atom. The molecule has 1 heterocycles. The number of para-hydroxylation sites is 1. The van der Waals surface area contributed by atoms with Gasteiger partial charge in [-0.15, -0.1) is 5.10 Å². The van der Waals surface area contributed by atoms with Gasteiger partial charge in [-0.25, -0.2) is 9.67 Å². The number of aromatic nitrogens is 3. The van der Waals surface area contributed by atoms with Gasteiger partial charge in [0.25, 0.3) is 5.91 Å². The molecule has 1 aromatic heterocycles. The van der Waals surface area contributed by atoms with Gasteiger partial charge in [-0.1, -0.05) is 36.6 Å². The summed E-state index contributed by atoms with van der Waals surface area (Å²) in [5.74, 6) is 0.210. The maximum Gasteiger partial charge on any atom is 0.305 e. The summed E-state index contributed by atoms with van der Waals surface area (Å²) in [7, 11) is 1.39. The number of methoxy groups -OCH3 is 1. The number of carbonyl (C=O) groups excluding carboxylic acids is 2. The Morgan fingerprint density at radius 1 is 1.19 bits per heavy atom. The first kappa shape index (κ1) is 19.9. The summed E-state index contributed by atoms with van der Waals surface area (Å²) in [6.45, 7) is 2.31. The van der Waals surface area contributed by atoms with E-state index in [1.54, 1.807) is 17.7 Å². The zero-order valence-corrected chi connectivity index (χ0v) is 15.8. The van der Waals surface area contributed by atoms with Crippen LogP contribution < -0.4 is 5.32 Å². The van der Waals surface area contributed by atoms with Crippen molar-refractivity contribution in [1.82, 2.24) is 20.1 Å². The molecule has 0 radical (unpaired) electrons. The lowest BCUT2D eigenvalue weighted by atomic mass is 10.1. The summed E-state index contributed by atoms with van der Waals surface area (Å²) < 4.78 is 6.15. The van der Waals surface area contributed by atoms with Crippen molar-refractivity contribution in [3.05, 3.63) is 40.9 Å². The highest BCUT2D eigenvalue weighted by molar-refractivity contribution is 6.32. The van der Waals surface area contributed by atoms with E-state index in [-0.39, 0.29) is 17.7 Å². The Morgan fingerprint density at radius 3 is 2.65 bits per heavy atom. The molecule has 1 N–H and O–H groups in total. The van der Waals surface area contributed by atoms with Crippen molar-refractivity contribution in [2.24, 2.45) is 0 Å². The molecule has 7 nitrogen and oxygen atoms in total. The Balaban J connectivity index is 1.79. The number of nitrogens with zero attached hydrogens (tertiary/aromatic N) is 3. The molecule has 0 saturated heterocycles. The highest BCUT2D eigenvalue weighted by atomic mass is 35.5. The minimum Gasteiger partial charge on any atom is -0.469 e. The van der Waals surface area contributed by atoms with Gasteiger partial charge in [0.1, 0.15) is 5.82 Å². The van der Waals surface area contributed by atoms with Gasteiger partial charge in [-0.05, 0) is 31.9 Å². The van der Waals surface area contributed by atoms with E-state index < -0.39 is 0 Å². The Bertz CT molecular complexity index is 761. The van der Waals surface area contributed by atoms with Gasteiger partial charge in [0.05, 0.1) is 17.8 Å². The lowest BCUT2D eigenvalue weighted by Gasteiger charge is -2.04. The number of esters is 1. The summed E-state index contributed by atoms with van der Waals surface area (Å²) in [5, 5.41) is 7.61. The van der Waals surface area contributed by atoms with E-state index >= 15 is 0 Å². The third-order valence-electron chi connectivity index (χ3n) is 3.87. The molecule has 2 rings (SSSR count). The minimum absolute atomic E-state index is 0.119. The molecule has 0 aliphatic rings. The average molecular weight is 379 g/mol. The van der Waals surface area contributed by atoms with Crippen molar-refractivity contribution >= 4 is 23.5 Å². The summed E-state index contributed by atoms with van der Waals surface area (Å²) in [6.07, 6.45) is 3.91. The van der Waals surface area contributed by atoms with Crippen LogP contribution in [0.3, 0.4) is 0 Å². The first-order chi connectivity index (χ1) is 12.5. The van der Waals surface area contributed by atoms with Crippen LogP contribution in [0.1, 0.15) is 48.5 Å². The molecule has 2 aromatic rings. The number of benzene rings is 1. The first-order valence-electron chi connectivity index (χ1n) is 8.56.